The Labute approximate surface area is 117 Å². The molecule has 0 aromatic carbocycles. The molecule has 6 nitrogen and oxygen atoms in total. The summed E-state index contributed by atoms with van der Waals surface area (Å²) in [5, 5.41) is 0. The van der Waals surface area contributed by atoms with Crippen molar-refractivity contribution < 1.29 is 9.15 Å². The van der Waals surface area contributed by atoms with Gasteiger partial charge in [0.1, 0.15) is 12.4 Å². The Morgan fingerprint density at radius 2 is 2.05 bits per heavy atom. The van der Waals surface area contributed by atoms with Crippen molar-refractivity contribution in [3.63, 3.8) is 0 Å². The van der Waals surface area contributed by atoms with Gasteiger partial charge < -0.3 is 14.1 Å². The van der Waals surface area contributed by atoms with Crippen LogP contribution in [0.1, 0.15) is 25.5 Å². The van der Waals surface area contributed by atoms with Gasteiger partial charge in [-0.3, -0.25) is 0 Å². The number of ether oxygens (including phenoxy) is 1. The molecule has 0 aliphatic carbocycles. The van der Waals surface area contributed by atoms with E-state index in [0.29, 0.717) is 6.01 Å². The van der Waals surface area contributed by atoms with Gasteiger partial charge in [-0.15, -0.1) is 0 Å². The Morgan fingerprint density at radius 3 is 2.70 bits per heavy atom. The van der Waals surface area contributed by atoms with Crippen LogP contribution in [0, 0.1) is 0 Å². The molecule has 0 unspecified atom stereocenters. The van der Waals surface area contributed by atoms with Crippen molar-refractivity contribution in [3.8, 4) is 6.01 Å². The summed E-state index contributed by atoms with van der Waals surface area (Å²) < 4.78 is 11.3. The van der Waals surface area contributed by atoms with Crippen LogP contribution in [0.4, 0.5) is 6.01 Å². The molecular weight excluding hydrogens is 256 g/mol. The Hall–Kier alpha value is -2.11. The van der Waals surface area contributed by atoms with Crippen LogP contribution in [-0.4, -0.2) is 34.1 Å². The van der Waals surface area contributed by atoms with Crippen molar-refractivity contribution in [2.24, 2.45) is 0 Å². The number of anilines is 1. The summed E-state index contributed by atoms with van der Waals surface area (Å²) in [6.45, 7) is 3.82. The van der Waals surface area contributed by atoms with Crippen LogP contribution in [0.3, 0.4) is 0 Å². The molecule has 0 atom stereocenters. The average molecular weight is 274 g/mol. The van der Waals surface area contributed by atoms with Crippen LogP contribution in [0.2, 0.25) is 0 Å². The van der Waals surface area contributed by atoms with Crippen molar-refractivity contribution in [2.75, 3.05) is 18.0 Å². The molecule has 3 rings (SSSR count). The minimum Gasteiger partial charge on any atom is -0.460 e. The molecule has 2 aromatic heterocycles. The fourth-order valence-electron chi connectivity index (χ4n) is 2.26. The maximum absolute atomic E-state index is 5.77. The molecule has 1 aliphatic heterocycles. The zero-order valence-corrected chi connectivity index (χ0v) is 11.5. The van der Waals surface area contributed by atoms with Gasteiger partial charge in [0, 0.05) is 38.3 Å². The van der Waals surface area contributed by atoms with Gasteiger partial charge in [-0.1, -0.05) is 6.92 Å². The fraction of sp³-hybridized carbons (Fsp3) is 0.500. The molecule has 2 aromatic rings. The number of rotatable bonds is 4. The van der Waals surface area contributed by atoms with Gasteiger partial charge in [0.2, 0.25) is 0 Å². The Kier molecular flexibility index (Phi) is 3.80. The van der Waals surface area contributed by atoms with E-state index >= 15 is 0 Å². The molecular formula is C14H18N4O2. The first-order chi connectivity index (χ1) is 9.85. The zero-order valence-electron chi connectivity index (χ0n) is 11.5. The third-order valence-corrected chi connectivity index (χ3v) is 3.43. The zero-order chi connectivity index (χ0) is 13.8. The van der Waals surface area contributed by atoms with Gasteiger partial charge in [-0.2, -0.15) is 4.98 Å². The molecule has 0 spiro atoms. The van der Waals surface area contributed by atoms with Crippen molar-refractivity contribution in [1.29, 1.82) is 0 Å². The first kappa shape index (κ1) is 12.9. The molecule has 0 bridgehead atoms. The van der Waals surface area contributed by atoms with E-state index in [-0.39, 0.29) is 6.10 Å². The summed E-state index contributed by atoms with van der Waals surface area (Å²) in [6, 6.07) is 2.95. The van der Waals surface area contributed by atoms with E-state index in [0.717, 1.165) is 44.1 Å². The van der Waals surface area contributed by atoms with Crippen molar-refractivity contribution in [3.05, 3.63) is 30.4 Å². The highest BCUT2D eigenvalue weighted by Gasteiger charge is 2.23. The Bertz CT molecular complexity index is 535. The monoisotopic (exact) mass is 274 g/mol. The summed E-state index contributed by atoms with van der Waals surface area (Å²) in [6.07, 6.45) is 8.01. The molecule has 0 radical (unpaired) electrons. The van der Waals surface area contributed by atoms with E-state index in [4.69, 9.17) is 9.15 Å². The number of hydrogen-bond donors (Lipinski definition) is 0. The minimum absolute atomic E-state index is 0.161. The molecule has 20 heavy (non-hydrogen) atoms. The number of aryl methyl sites for hydroxylation is 1. The van der Waals surface area contributed by atoms with Gasteiger partial charge >= 0.3 is 6.01 Å². The third-order valence-electron chi connectivity index (χ3n) is 3.43. The first-order valence-electron chi connectivity index (χ1n) is 6.98. The average Bonchev–Trinajstić information content (AvgIpc) is 2.98. The molecule has 3 heterocycles. The third kappa shape index (κ3) is 2.89. The number of piperidine rings is 1. The maximum atomic E-state index is 5.77. The highest BCUT2D eigenvalue weighted by molar-refractivity contribution is 5.27. The van der Waals surface area contributed by atoms with Crippen molar-refractivity contribution in [2.45, 2.75) is 32.3 Å². The first-order valence-corrected chi connectivity index (χ1v) is 6.98. The van der Waals surface area contributed by atoms with Crippen molar-refractivity contribution in [1.82, 2.24) is 15.0 Å². The lowest BCUT2D eigenvalue weighted by atomic mass is 10.1. The highest BCUT2D eigenvalue weighted by Crippen LogP contribution is 2.21. The van der Waals surface area contributed by atoms with Crippen LogP contribution in [-0.2, 0) is 6.42 Å². The maximum Gasteiger partial charge on any atom is 0.316 e. The van der Waals surface area contributed by atoms with Crippen molar-refractivity contribution >= 4 is 6.01 Å². The minimum atomic E-state index is 0.161. The normalized spacial score (nSPS) is 16.4. The van der Waals surface area contributed by atoms with E-state index < -0.39 is 0 Å². The van der Waals surface area contributed by atoms with Gasteiger partial charge in [0.15, 0.2) is 0 Å². The largest absolute Gasteiger partial charge is 0.460 e. The number of nitrogens with zero attached hydrogens (tertiary/aromatic N) is 4. The standard InChI is InChI=1S/C14H18N4O2/c1-2-11-10-19-14(17-11)18-8-4-12(5-9-18)20-13-15-6-3-7-16-13/h3,6-7,10,12H,2,4-5,8-9H2,1H3. The molecule has 1 aliphatic rings. The van der Waals surface area contributed by atoms with E-state index in [9.17, 15) is 0 Å². The molecule has 1 fully saturated rings. The van der Waals surface area contributed by atoms with E-state index in [1.807, 2.05) is 0 Å². The van der Waals surface area contributed by atoms with Crippen LogP contribution in [0.5, 0.6) is 6.01 Å². The predicted octanol–water partition coefficient (Wildman–Crippen LogP) is 2.07. The lowest BCUT2D eigenvalue weighted by molar-refractivity contribution is 0.155. The number of oxazole rings is 1. The Balaban J connectivity index is 1.54. The number of hydrogen-bond acceptors (Lipinski definition) is 6. The van der Waals surface area contributed by atoms with E-state index in [2.05, 4.69) is 26.8 Å². The van der Waals surface area contributed by atoms with E-state index in [1.54, 1.807) is 24.7 Å². The molecule has 0 N–H and O–H groups in total. The summed E-state index contributed by atoms with van der Waals surface area (Å²) in [7, 11) is 0. The smallest absolute Gasteiger partial charge is 0.316 e. The molecule has 1 saturated heterocycles. The second kappa shape index (κ2) is 5.90. The molecule has 0 saturated carbocycles. The van der Waals surface area contributed by atoms with Gasteiger partial charge in [-0.25, -0.2) is 9.97 Å². The summed E-state index contributed by atoms with van der Waals surface area (Å²) in [5.41, 5.74) is 0.996. The van der Waals surface area contributed by atoms with Crippen LogP contribution >= 0.6 is 0 Å². The summed E-state index contributed by atoms with van der Waals surface area (Å²) in [4.78, 5) is 14.8. The van der Waals surface area contributed by atoms with E-state index in [1.165, 1.54) is 0 Å². The number of aromatic nitrogens is 3. The molecule has 0 amide bonds. The fourth-order valence-corrected chi connectivity index (χ4v) is 2.26. The molecule has 6 heteroatoms. The van der Waals surface area contributed by atoms with Gasteiger partial charge in [0.05, 0.1) is 5.69 Å². The van der Waals surface area contributed by atoms with Gasteiger partial charge in [0.25, 0.3) is 6.01 Å². The van der Waals surface area contributed by atoms with Crippen LogP contribution < -0.4 is 9.64 Å². The van der Waals surface area contributed by atoms with Crippen LogP contribution in [0.15, 0.2) is 29.1 Å². The highest BCUT2D eigenvalue weighted by atomic mass is 16.5. The lowest BCUT2D eigenvalue weighted by Gasteiger charge is -2.30. The summed E-state index contributed by atoms with van der Waals surface area (Å²) >= 11 is 0. The Morgan fingerprint density at radius 1 is 1.30 bits per heavy atom. The second-order valence-electron chi connectivity index (χ2n) is 4.81. The molecule has 106 valence electrons. The quantitative estimate of drug-likeness (QED) is 0.850. The second-order valence-corrected chi connectivity index (χ2v) is 4.81. The SMILES string of the molecule is CCc1coc(N2CCC(Oc3ncccn3)CC2)n1. The summed E-state index contributed by atoms with van der Waals surface area (Å²) in [5.74, 6) is 0. The van der Waals surface area contributed by atoms with Gasteiger partial charge in [-0.05, 0) is 12.5 Å². The lowest BCUT2D eigenvalue weighted by Crippen LogP contribution is -2.38. The topological polar surface area (TPSA) is 64.3 Å². The van der Waals surface area contributed by atoms with Crippen LogP contribution in [0.25, 0.3) is 0 Å². The predicted molar refractivity (Wildman–Crippen MR) is 73.8 cm³/mol.